The summed E-state index contributed by atoms with van der Waals surface area (Å²) >= 11 is 1.25. The summed E-state index contributed by atoms with van der Waals surface area (Å²) in [6.45, 7) is 4.51. The molecule has 0 radical (unpaired) electrons. The Balaban J connectivity index is 1.47. The van der Waals surface area contributed by atoms with Crippen LogP contribution in [-0.2, 0) is 16.6 Å². The summed E-state index contributed by atoms with van der Waals surface area (Å²) in [6.07, 6.45) is 1.59. The third-order valence-electron chi connectivity index (χ3n) is 6.24. The van der Waals surface area contributed by atoms with Crippen LogP contribution in [0.25, 0.3) is 0 Å². The van der Waals surface area contributed by atoms with E-state index in [2.05, 4.69) is 4.98 Å². The summed E-state index contributed by atoms with van der Waals surface area (Å²) in [7, 11) is -2.40. The third kappa shape index (κ3) is 6.01. The fraction of sp³-hybridized carbons (Fsp3) is 0.276. The van der Waals surface area contributed by atoms with Gasteiger partial charge in [-0.3, -0.25) is 0 Å². The largest absolute Gasteiger partial charge is 0.497 e. The fourth-order valence-electron chi connectivity index (χ4n) is 4.29. The van der Waals surface area contributed by atoms with Crippen LogP contribution in [-0.4, -0.2) is 51.0 Å². The van der Waals surface area contributed by atoms with E-state index in [9.17, 15) is 13.5 Å². The lowest BCUT2D eigenvalue weighted by Gasteiger charge is -2.33. The van der Waals surface area contributed by atoms with Crippen molar-refractivity contribution in [2.75, 3.05) is 36.1 Å². The lowest BCUT2D eigenvalue weighted by atomic mass is 10.1. The second-order valence-corrected chi connectivity index (χ2v) is 12.6. The zero-order valence-corrected chi connectivity index (χ0v) is 24.1. The molecule has 3 aromatic carbocycles. The molecule has 0 aliphatic carbocycles. The minimum atomic E-state index is -3.99. The molecule has 0 saturated carbocycles. The highest BCUT2D eigenvalue weighted by molar-refractivity contribution is 7.93. The normalized spacial score (nSPS) is 13.3. The molecule has 9 nitrogen and oxygen atoms in total. The van der Waals surface area contributed by atoms with Gasteiger partial charge in [0.05, 0.1) is 42.1 Å². The Kier molecular flexibility index (Phi) is 7.88. The minimum Gasteiger partial charge on any atom is -0.497 e. The van der Waals surface area contributed by atoms with Crippen LogP contribution in [0.1, 0.15) is 19.4 Å². The van der Waals surface area contributed by atoms with Crippen molar-refractivity contribution in [3.05, 3.63) is 83.9 Å². The predicted molar refractivity (Wildman–Crippen MR) is 156 cm³/mol. The number of thiazole rings is 1. The quantitative estimate of drug-likeness (QED) is 0.272. The maximum atomic E-state index is 14.0. The van der Waals surface area contributed by atoms with E-state index < -0.39 is 15.6 Å². The van der Waals surface area contributed by atoms with Crippen LogP contribution >= 0.6 is 11.3 Å². The van der Waals surface area contributed by atoms with E-state index in [0.29, 0.717) is 35.5 Å². The average molecular weight is 582 g/mol. The molecule has 4 aromatic rings. The Hall–Kier alpha value is -3.80. The average Bonchev–Trinajstić information content (AvgIpc) is 3.49. The van der Waals surface area contributed by atoms with Crippen LogP contribution in [0.3, 0.4) is 0 Å². The molecule has 0 bridgehead atoms. The molecule has 1 aromatic heterocycles. The van der Waals surface area contributed by atoms with Crippen LogP contribution in [0.4, 0.5) is 16.5 Å². The van der Waals surface area contributed by atoms with E-state index in [-0.39, 0.29) is 18.0 Å². The van der Waals surface area contributed by atoms with Crippen LogP contribution in [0.5, 0.6) is 17.2 Å². The van der Waals surface area contributed by atoms with Crippen molar-refractivity contribution in [2.45, 2.75) is 30.9 Å². The molecule has 1 aliphatic rings. The molecule has 1 aliphatic heterocycles. The van der Waals surface area contributed by atoms with Crippen molar-refractivity contribution in [1.29, 1.82) is 0 Å². The summed E-state index contributed by atoms with van der Waals surface area (Å²) in [5, 5.41) is 12.3. The van der Waals surface area contributed by atoms with Gasteiger partial charge in [0.15, 0.2) is 5.13 Å². The maximum Gasteiger partial charge on any atom is 0.266 e. The molecule has 0 fully saturated rings. The highest BCUT2D eigenvalue weighted by Gasteiger charge is 2.30. The molecule has 0 unspecified atom stereocenters. The monoisotopic (exact) mass is 581 g/mol. The lowest BCUT2D eigenvalue weighted by Crippen LogP contribution is -2.32. The predicted octanol–water partition coefficient (Wildman–Crippen LogP) is 5.23. The van der Waals surface area contributed by atoms with Crippen molar-refractivity contribution in [3.63, 3.8) is 0 Å². The summed E-state index contributed by atoms with van der Waals surface area (Å²) < 4.78 is 46.4. The van der Waals surface area contributed by atoms with Crippen LogP contribution in [0, 0.1) is 0 Å². The van der Waals surface area contributed by atoms with Gasteiger partial charge in [-0.25, -0.2) is 17.7 Å². The molecule has 0 spiro atoms. The number of sulfonamides is 1. The van der Waals surface area contributed by atoms with Crippen LogP contribution in [0.2, 0.25) is 0 Å². The number of hydrogen-bond donors (Lipinski definition) is 1. The van der Waals surface area contributed by atoms with Crippen molar-refractivity contribution >= 4 is 37.9 Å². The Labute approximate surface area is 238 Å². The number of ether oxygens (including phenoxy) is 3. The Morgan fingerprint density at radius 3 is 2.58 bits per heavy atom. The number of hydrogen-bond acceptors (Lipinski definition) is 9. The van der Waals surface area contributed by atoms with Gasteiger partial charge in [-0.15, -0.1) is 11.3 Å². The van der Waals surface area contributed by atoms with E-state index in [1.54, 1.807) is 62.9 Å². The van der Waals surface area contributed by atoms with E-state index in [4.69, 9.17) is 14.2 Å². The Morgan fingerprint density at radius 1 is 1.10 bits per heavy atom. The van der Waals surface area contributed by atoms with Gasteiger partial charge in [0.2, 0.25) is 0 Å². The topological polar surface area (TPSA) is 101 Å². The lowest BCUT2D eigenvalue weighted by molar-refractivity contribution is 0.0286. The zero-order valence-electron chi connectivity index (χ0n) is 22.5. The molecule has 1 N–H and O–H groups in total. The van der Waals surface area contributed by atoms with Crippen molar-refractivity contribution in [3.8, 4) is 17.2 Å². The number of anilines is 3. The van der Waals surface area contributed by atoms with Crippen molar-refractivity contribution in [1.82, 2.24) is 4.98 Å². The first-order valence-electron chi connectivity index (χ1n) is 12.7. The van der Waals surface area contributed by atoms with Gasteiger partial charge in [0, 0.05) is 17.6 Å². The second kappa shape index (κ2) is 11.4. The fourth-order valence-corrected chi connectivity index (χ4v) is 6.58. The molecular formula is C29H31N3O6S2. The van der Waals surface area contributed by atoms with E-state index >= 15 is 0 Å². The SMILES string of the molecule is COc1ccc(CN(c2nccs2)S(=O)(=O)c2ccc3c(c2)OCCN3c2ccccc2OCC(C)(C)O)cc1. The van der Waals surface area contributed by atoms with Gasteiger partial charge in [-0.1, -0.05) is 24.3 Å². The number of methoxy groups -OCH3 is 1. The van der Waals surface area contributed by atoms with Gasteiger partial charge < -0.3 is 24.2 Å². The Morgan fingerprint density at radius 2 is 1.88 bits per heavy atom. The maximum absolute atomic E-state index is 14.0. The molecule has 40 heavy (non-hydrogen) atoms. The van der Waals surface area contributed by atoms with Crippen LogP contribution in [0.15, 0.2) is 83.2 Å². The summed E-state index contributed by atoms with van der Waals surface area (Å²) in [6, 6.07) is 19.7. The standard InChI is InChI=1S/C29H31N3O6S2/c1-29(2,33)20-38-26-7-5-4-6-24(26)31-15-16-37-27-18-23(12-13-25(27)31)40(34,35)32(28-30-14-17-39-28)19-21-8-10-22(36-3)11-9-21/h4-14,17-18,33H,15-16,19-20H2,1-3H3. The first-order chi connectivity index (χ1) is 19.2. The molecule has 210 valence electrons. The molecular weight excluding hydrogens is 550 g/mol. The second-order valence-electron chi connectivity index (χ2n) is 9.87. The third-order valence-corrected chi connectivity index (χ3v) is 8.88. The van der Waals surface area contributed by atoms with Gasteiger partial charge in [0.25, 0.3) is 10.0 Å². The number of aromatic nitrogens is 1. The molecule has 0 saturated heterocycles. The highest BCUT2D eigenvalue weighted by Crippen LogP contribution is 2.42. The molecule has 0 amide bonds. The number of para-hydroxylation sites is 2. The first-order valence-corrected chi connectivity index (χ1v) is 15.0. The Bertz CT molecular complexity index is 1550. The molecule has 5 rings (SSSR count). The number of fused-ring (bicyclic) bond motifs is 1. The minimum absolute atomic E-state index is 0.100. The van der Waals surface area contributed by atoms with Gasteiger partial charge in [0.1, 0.15) is 30.5 Å². The number of nitrogens with zero attached hydrogens (tertiary/aromatic N) is 3. The zero-order chi connectivity index (χ0) is 28.3. The van der Waals surface area contributed by atoms with E-state index in [1.165, 1.54) is 15.6 Å². The van der Waals surface area contributed by atoms with E-state index in [1.807, 2.05) is 41.3 Å². The first kappa shape index (κ1) is 27.8. The van der Waals surface area contributed by atoms with Gasteiger partial charge in [-0.2, -0.15) is 0 Å². The number of aliphatic hydroxyl groups is 1. The summed E-state index contributed by atoms with van der Waals surface area (Å²) in [5.74, 6) is 1.76. The molecule has 11 heteroatoms. The smallest absolute Gasteiger partial charge is 0.266 e. The number of rotatable bonds is 10. The van der Waals surface area contributed by atoms with Gasteiger partial charge >= 0.3 is 0 Å². The highest BCUT2D eigenvalue weighted by atomic mass is 32.2. The van der Waals surface area contributed by atoms with Gasteiger partial charge in [-0.05, 0) is 55.8 Å². The molecule has 0 atom stereocenters. The van der Waals surface area contributed by atoms with Crippen molar-refractivity contribution < 1.29 is 27.7 Å². The van der Waals surface area contributed by atoms with Crippen molar-refractivity contribution in [2.24, 2.45) is 0 Å². The van der Waals surface area contributed by atoms with E-state index in [0.717, 1.165) is 16.9 Å². The number of benzene rings is 3. The van der Waals surface area contributed by atoms with Crippen LogP contribution < -0.4 is 23.4 Å². The summed E-state index contributed by atoms with van der Waals surface area (Å²) in [5.41, 5.74) is 1.33. The summed E-state index contributed by atoms with van der Waals surface area (Å²) in [4.78, 5) is 6.42. The molecule has 2 heterocycles.